The molecule has 0 bridgehead atoms. The van der Waals surface area contributed by atoms with Gasteiger partial charge in [0.1, 0.15) is 6.10 Å². The second kappa shape index (κ2) is 4.74. The van der Waals surface area contributed by atoms with E-state index in [4.69, 9.17) is 14.0 Å². The zero-order valence-electron chi connectivity index (χ0n) is 12.7. The Balaban J connectivity index is 1.69. The maximum atomic E-state index is 6.00. The monoisotopic (exact) mass is 275 g/mol. The Labute approximate surface area is 121 Å². The zero-order valence-corrected chi connectivity index (χ0v) is 12.7. The Kier molecular flexibility index (Phi) is 3.29. The van der Waals surface area contributed by atoms with Crippen molar-refractivity contribution in [2.75, 3.05) is 0 Å². The van der Waals surface area contributed by atoms with E-state index in [9.17, 15) is 0 Å². The van der Waals surface area contributed by atoms with Crippen LogP contribution in [0.1, 0.15) is 47.0 Å². The summed E-state index contributed by atoms with van der Waals surface area (Å²) in [6.45, 7) is 8.20. The predicted octanol–water partition coefficient (Wildman–Crippen LogP) is 2.31. The predicted molar refractivity (Wildman–Crippen MR) is 78.2 cm³/mol. The highest BCUT2D eigenvalue weighted by Crippen LogP contribution is 2.36. The van der Waals surface area contributed by atoms with Gasteiger partial charge in [-0.2, -0.15) is 0 Å². The molecule has 0 aromatic carbocycles. The van der Waals surface area contributed by atoms with Crippen LogP contribution < -0.4 is 10.2 Å². The molecule has 108 valence electrons. The van der Waals surface area contributed by atoms with E-state index in [1.165, 1.54) is 6.42 Å². The van der Waals surface area contributed by atoms with Crippen molar-refractivity contribution in [3.8, 4) is 5.88 Å². The van der Waals surface area contributed by atoms with Gasteiger partial charge < -0.3 is 14.0 Å². The van der Waals surface area contributed by atoms with Crippen LogP contribution in [0.5, 0.6) is 5.88 Å². The second-order valence-corrected chi connectivity index (χ2v) is 6.69. The van der Waals surface area contributed by atoms with Gasteiger partial charge in [0.15, 0.2) is 0 Å². The minimum Gasteiger partial charge on any atom is -0.474 e. The van der Waals surface area contributed by atoms with Gasteiger partial charge in [0.2, 0.25) is 5.88 Å². The quantitative estimate of drug-likeness (QED) is 0.794. The van der Waals surface area contributed by atoms with Gasteiger partial charge in [0.05, 0.1) is 11.2 Å². The number of hydrogen-bond donors (Lipinski definition) is 0. The van der Waals surface area contributed by atoms with E-state index in [0.717, 1.165) is 18.3 Å². The highest BCUT2D eigenvalue weighted by molar-refractivity contribution is 6.62. The van der Waals surface area contributed by atoms with Gasteiger partial charge in [-0.05, 0) is 53.0 Å². The van der Waals surface area contributed by atoms with Crippen LogP contribution in [0.15, 0.2) is 18.3 Å². The van der Waals surface area contributed by atoms with Gasteiger partial charge in [-0.1, -0.05) is 6.07 Å². The first-order valence-corrected chi connectivity index (χ1v) is 7.36. The third-order valence-electron chi connectivity index (χ3n) is 4.62. The van der Waals surface area contributed by atoms with E-state index < -0.39 is 0 Å². The van der Waals surface area contributed by atoms with Gasteiger partial charge >= 0.3 is 7.12 Å². The molecule has 20 heavy (non-hydrogen) atoms. The van der Waals surface area contributed by atoms with Gasteiger partial charge in [0, 0.05) is 11.7 Å². The van der Waals surface area contributed by atoms with Crippen LogP contribution in [-0.4, -0.2) is 29.4 Å². The first-order chi connectivity index (χ1) is 9.37. The van der Waals surface area contributed by atoms with Crippen molar-refractivity contribution in [3.63, 3.8) is 0 Å². The van der Waals surface area contributed by atoms with E-state index in [1.807, 2.05) is 12.1 Å². The summed E-state index contributed by atoms with van der Waals surface area (Å²) >= 11 is 0. The lowest BCUT2D eigenvalue weighted by Crippen LogP contribution is -2.41. The summed E-state index contributed by atoms with van der Waals surface area (Å²) in [5.74, 6) is 0.690. The summed E-state index contributed by atoms with van der Waals surface area (Å²) in [6, 6.07) is 3.88. The highest BCUT2D eigenvalue weighted by atomic mass is 16.7. The van der Waals surface area contributed by atoms with Crippen LogP contribution in [0.4, 0.5) is 0 Å². The molecule has 5 heteroatoms. The molecule has 0 unspecified atom stereocenters. The fourth-order valence-electron chi connectivity index (χ4n) is 2.24. The van der Waals surface area contributed by atoms with Crippen LogP contribution in [0.2, 0.25) is 0 Å². The molecule has 1 aliphatic carbocycles. The normalized spacial score (nSPS) is 24.5. The molecule has 2 heterocycles. The standard InChI is InChI=1S/C15H22BNO3/c1-14(2)15(3,4)20-16(19-14)11-8-9-13(17-10-11)18-12-6-5-7-12/h8-10,12H,5-7H2,1-4H3. The van der Waals surface area contributed by atoms with Gasteiger partial charge in [0.25, 0.3) is 0 Å². The zero-order chi connectivity index (χ0) is 14.4. The summed E-state index contributed by atoms with van der Waals surface area (Å²) in [4.78, 5) is 4.36. The second-order valence-electron chi connectivity index (χ2n) is 6.69. The van der Waals surface area contributed by atoms with Crippen LogP contribution in [0.3, 0.4) is 0 Å². The minimum absolute atomic E-state index is 0.321. The Morgan fingerprint density at radius 3 is 2.25 bits per heavy atom. The van der Waals surface area contributed by atoms with E-state index in [1.54, 1.807) is 6.20 Å². The largest absolute Gasteiger partial charge is 0.496 e. The molecule has 3 rings (SSSR count). The van der Waals surface area contributed by atoms with Crippen molar-refractivity contribution in [1.82, 2.24) is 4.98 Å². The minimum atomic E-state index is -0.356. The number of pyridine rings is 1. The van der Waals surface area contributed by atoms with E-state index in [2.05, 4.69) is 32.7 Å². The Bertz CT molecular complexity index is 466. The van der Waals surface area contributed by atoms with Crippen molar-refractivity contribution < 1.29 is 14.0 Å². The van der Waals surface area contributed by atoms with Crippen molar-refractivity contribution in [1.29, 1.82) is 0 Å². The molecule has 0 spiro atoms. The molecule has 1 aromatic rings. The number of aromatic nitrogens is 1. The van der Waals surface area contributed by atoms with Crippen molar-refractivity contribution in [2.45, 2.75) is 64.3 Å². The smallest absolute Gasteiger partial charge is 0.474 e. The van der Waals surface area contributed by atoms with Crippen LogP contribution in [0.25, 0.3) is 0 Å². The van der Waals surface area contributed by atoms with Crippen molar-refractivity contribution in [3.05, 3.63) is 18.3 Å². The molecule has 0 radical (unpaired) electrons. The summed E-state index contributed by atoms with van der Waals surface area (Å²) in [7, 11) is -0.356. The fraction of sp³-hybridized carbons (Fsp3) is 0.667. The van der Waals surface area contributed by atoms with Crippen LogP contribution in [0, 0.1) is 0 Å². The molecule has 1 saturated heterocycles. The van der Waals surface area contributed by atoms with E-state index in [-0.39, 0.29) is 18.3 Å². The molecule has 0 N–H and O–H groups in total. The van der Waals surface area contributed by atoms with Gasteiger partial charge in [-0.3, -0.25) is 0 Å². The van der Waals surface area contributed by atoms with Gasteiger partial charge in [-0.25, -0.2) is 4.98 Å². The summed E-state index contributed by atoms with van der Waals surface area (Å²) in [5, 5.41) is 0. The molecule has 0 atom stereocenters. The SMILES string of the molecule is CC1(C)OB(c2ccc(OC3CCC3)nc2)OC1(C)C. The molecular formula is C15H22BNO3. The molecule has 4 nitrogen and oxygen atoms in total. The van der Waals surface area contributed by atoms with Crippen LogP contribution >= 0.6 is 0 Å². The average Bonchev–Trinajstić information content (AvgIpc) is 2.54. The van der Waals surface area contributed by atoms with Crippen LogP contribution in [-0.2, 0) is 9.31 Å². The third kappa shape index (κ3) is 2.45. The lowest BCUT2D eigenvalue weighted by Gasteiger charge is -2.32. The summed E-state index contributed by atoms with van der Waals surface area (Å²) in [6.07, 6.45) is 5.68. The molecule has 1 aromatic heterocycles. The number of ether oxygens (including phenoxy) is 1. The topological polar surface area (TPSA) is 40.6 Å². The first-order valence-electron chi connectivity index (χ1n) is 7.36. The number of rotatable bonds is 3. The lowest BCUT2D eigenvalue weighted by atomic mass is 9.80. The molecule has 2 aliphatic rings. The Morgan fingerprint density at radius 1 is 1.15 bits per heavy atom. The number of nitrogens with zero attached hydrogens (tertiary/aromatic N) is 1. The van der Waals surface area contributed by atoms with Crippen molar-refractivity contribution >= 4 is 12.6 Å². The molecule has 0 amide bonds. The molecule has 1 aliphatic heterocycles. The van der Waals surface area contributed by atoms with Gasteiger partial charge in [-0.15, -0.1) is 0 Å². The average molecular weight is 275 g/mol. The third-order valence-corrected chi connectivity index (χ3v) is 4.62. The first kappa shape index (κ1) is 13.9. The van der Waals surface area contributed by atoms with E-state index in [0.29, 0.717) is 12.0 Å². The molecular weight excluding hydrogens is 253 g/mol. The lowest BCUT2D eigenvalue weighted by molar-refractivity contribution is 0.00578. The maximum Gasteiger partial charge on any atom is 0.496 e. The van der Waals surface area contributed by atoms with E-state index >= 15 is 0 Å². The van der Waals surface area contributed by atoms with Crippen molar-refractivity contribution in [2.24, 2.45) is 0 Å². The summed E-state index contributed by atoms with van der Waals surface area (Å²) < 4.78 is 17.8. The molecule has 2 fully saturated rings. The maximum absolute atomic E-state index is 6.00. The number of hydrogen-bond acceptors (Lipinski definition) is 4. The molecule has 1 saturated carbocycles. The summed E-state index contributed by atoms with van der Waals surface area (Å²) in [5.41, 5.74) is 0.293. The highest BCUT2D eigenvalue weighted by Gasteiger charge is 2.51. The fourth-order valence-corrected chi connectivity index (χ4v) is 2.24. The Hall–Kier alpha value is -1.07. The Morgan fingerprint density at radius 2 is 1.80 bits per heavy atom.